The van der Waals surface area contributed by atoms with Crippen molar-refractivity contribution in [3.05, 3.63) is 54.1 Å². The lowest BCUT2D eigenvalue weighted by Crippen LogP contribution is -2.39. The van der Waals surface area contributed by atoms with Crippen molar-refractivity contribution in [3.8, 4) is 0 Å². The molecule has 126 valence electrons. The van der Waals surface area contributed by atoms with Gasteiger partial charge in [-0.2, -0.15) is 5.10 Å². The molecule has 1 saturated heterocycles. The third-order valence-electron chi connectivity index (χ3n) is 4.03. The molecule has 1 fully saturated rings. The van der Waals surface area contributed by atoms with E-state index in [2.05, 4.69) is 10.4 Å². The highest BCUT2D eigenvalue weighted by Gasteiger charge is 2.30. The number of benzene rings is 1. The van der Waals surface area contributed by atoms with E-state index >= 15 is 0 Å². The Morgan fingerprint density at radius 2 is 2.12 bits per heavy atom. The summed E-state index contributed by atoms with van der Waals surface area (Å²) in [5.74, 6) is -0.394. The van der Waals surface area contributed by atoms with Gasteiger partial charge in [0.05, 0.1) is 6.04 Å². The number of rotatable bonds is 6. The van der Waals surface area contributed by atoms with E-state index in [9.17, 15) is 14.0 Å². The first-order chi connectivity index (χ1) is 11.6. The summed E-state index contributed by atoms with van der Waals surface area (Å²) in [4.78, 5) is 25.7. The minimum absolute atomic E-state index is 0.0292. The molecule has 1 atom stereocenters. The van der Waals surface area contributed by atoms with Crippen LogP contribution in [-0.4, -0.2) is 45.6 Å². The van der Waals surface area contributed by atoms with Crippen LogP contribution in [0.5, 0.6) is 0 Å². The fourth-order valence-electron chi connectivity index (χ4n) is 2.81. The smallest absolute Gasteiger partial charge is 0.242 e. The fourth-order valence-corrected chi connectivity index (χ4v) is 2.81. The maximum Gasteiger partial charge on any atom is 0.242 e. The third-order valence-corrected chi connectivity index (χ3v) is 4.03. The highest BCUT2D eigenvalue weighted by atomic mass is 19.1. The summed E-state index contributed by atoms with van der Waals surface area (Å²) in [6.45, 7) is 1.22. The number of hydrogen-bond donors (Lipinski definition) is 1. The van der Waals surface area contributed by atoms with Gasteiger partial charge in [-0.05, 0) is 30.2 Å². The van der Waals surface area contributed by atoms with Crippen molar-refractivity contribution in [1.29, 1.82) is 0 Å². The van der Waals surface area contributed by atoms with Gasteiger partial charge in [0.25, 0.3) is 0 Å². The summed E-state index contributed by atoms with van der Waals surface area (Å²) in [6, 6.07) is 7.86. The minimum atomic E-state index is -0.268. The van der Waals surface area contributed by atoms with Crippen molar-refractivity contribution < 1.29 is 14.0 Å². The maximum absolute atomic E-state index is 12.9. The lowest BCUT2D eigenvalue weighted by atomic mass is 10.1. The Morgan fingerprint density at radius 1 is 1.33 bits per heavy atom. The minimum Gasteiger partial charge on any atom is -0.349 e. The number of hydrogen-bond acceptors (Lipinski definition) is 3. The van der Waals surface area contributed by atoms with Crippen LogP contribution >= 0.6 is 0 Å². The molecule has 1 aliphatic heterocycles. The zero-order valence-electron chi connectivity index (χ0n) is 13.2. The van der Waals surface area contributed by atoms with E-state index in [0.717, 1.165) is 5.56 Å². The van der Waals surface area contributed by atoms with Crippen molar-refractivity contribution in [2.75, 3.05) is 13.1 Å². The molecule has 0 radical (unpaired) electrons. The molecule has 1 aliphatic rings. The molecule has 2 amide bonds. The van der Waals surface area contributed by atoms with Crippen LogP contribution in [0.25, 0.3) is 0 Å². The van der Waals surface area contributed by atoms with Crippen molar-refractivity contribution in [1.82, 2.24) is 20.0 Å². The van der Waals surface area contributed by atoms with E-state index in [1.165, 1.54) is 12.1 Å². The van der Waals surface area contributed by atoms with Crippen LogP contribution in [0.2, 0.25) is 0 Å². The number of nitrogens with one attached hydrogen (secondary N) is 1. The number of likely N-dealkylation sites (tertiary alicyclic amines) is 1. The Morgan fingerprint density at radius 3 is 2.83 bits per heavy atom. The fraction of sp³-hybridized carbons (Fsp3) is 0.353. The van der Waals surface area contributed by atoms with Crippen LogP contribution in [0, 0.1) is 5.82 Å². The second-order valence-electron chi connectivity index (χ2n) is 5.89. The normalized spacial score (nSPS) is 17.3. The Balaban J connectivity index is 1.46. The first-order valence-electron chi connectivity index (χ1n) is 7.89. The van der Waals surface area contributed by atoms with Crippen molar-refractivity contribution >= 4 is 11.8 Å². The van der Waals surface area contributed by atoms with Crippen LogP contribution in [0.4, 0.5) is 4.39 Å². The molecule has 0 spiro atoms. The summed E-state index contributed by atoms with van der Waals surface area (Å²) >= 11 is 0. The van der Waals surface area contributed by atoms with Gasteiger partial charge in [-0.25, -0.2) is 4.39 Å². The van der Waals surface area contributed by atoms with E-state index in [0.29, 0.717) is 25.9 Å². The van der Waals surface area contributed by atoms with Gasteiger partial charge in [-0.3, -0.25) is 14.3 Å². The predicted molar refractivity (Wildman–Crippen MR) is 85.5 cm³/mol. The molecule has 0 unspecified atom stereocenters. The number of aromatic nitrogens is 2. The molecule has 3 rings (SSSR count). The van der Waals surface area contributed by atoms with Gasteiger partial charge in [0.2, 0.25) is 11.8 Å². The average molecular weight is 330 g/mol. The molecule has 6 nitrogen and oxygen atoms in total. The first-order valence-corrected chi connectivity index (χ1v) is 7.89. The van der Waals surface area contributed by atoms with Crippen LogP contribution in [0.1, 0.15) is 12.0 Å². The van der Waals surface area contributed by atoms with Gasteiger partial charge in [0.1, 0.15) is 12.4 Å². The second-order valence-corrected chi connectivity index (χ2v) is 5.89. The van der Waals surface area contributed by atoms with Crippen molar-refractivity contribution in [3.63, 3.8) is 0 Å². The number of nitrogens with zero attached hydrogens (tertiary/aromatic N) is 3. The van der Waals surface area contributed by atoms with Crippen LogP contribution in [-0.2, 0) is 22.6 Å². The number of carbonyl (C=O) groups excluding carboxylic acids is 2. The highest BCUT2D eigenvalue weighted by Crippen LogP contribution is 2.13. The summed E-state index contributed by atoms with van der Waals surface area (Å²) in [5, 5.41) is 6.85. The number of halogens is 1. The molecule has 1 aromatic carbocycles. The predicted octanol–water partition coefficient (Wildman–Crippen LogP) is 0.982. The van der Waals surface area contributed by atoms with Gasteiger partial charge in [0, 0.05) is 31.9 Å². The Labute approximate surface area is 139 Å². The van der Waals surface area contributed by atoms with E-state index in [4.69, 9.17) is 0 Å². The third kappa shape index (κ3) is 4.18. The van der Waals surface area contributed by atoms with Crippen molar-refractivity contribution in [2.24, 2.45) is 0 Å². The molecule has 0 bridgehead atoms. The van der Waals surface area contributed by atoms with Gasteiger partial charge >= 0.3 is 0 Å². The Kier molecular flexibility index (Phi) is 4.88. The molecule has 0 aliphatic carbocycles. The van der Waals surface area contributed by atoms with Gasteiger partial charge in [-0.1, -0.05) is 12.1 Å². The van der Waals surface area contributed by atoms with E-state index in [1.54, 1.807) is 40.2 Å². The Bertz CT molecular complexity index is 700. The summed E-state index contributed by atoms with van der Waals surface area (Å²) in [5.41, 5.74) is 0.982. The highest BCUT2D eigenvalue weighted by molar-refractivity contribution is 5.82. The van der Waals surface area contributed by atoms with E-state index in [-0.39, 0.29) is 30.2 Å². The molecule has 7 heteroatoms. The zero-order valence-corrected chi connectivity index (χ0v) is 13.2. The lowest BCUT2D eigenvalue weighted by molar-refractivity contribution is -0.127. The SMILES string of the molecule is O=C(Cn1cccn1)N[C@@H]1CC(=O)N(CCc2ccc(F)cc2)C1. The topological polar surface area (TPSA) is 67.2 Å². The van der Waals surface area contributed by atoms with Gasteiger partial charge in [-0.15, -0.1) is 0 Å². The van der Waals surface area contributed by atoms with Gasteiger partial charge < -0.3 is 10.2 Å². The molecule has 1 N–H and O–H groups in total. The average Bonchev–Trinajstić information content (AvgIpc) is 3.16. The van der Waals surface area contributed by atoms with Crippen LogP contribution < -0.4 is 5.32 Å². The number of carbonyl (C=O) groups is 2. The van der Waals surface area contributed by atoms with Crippen LogP contribution in [0.3, 0.4) is 0 Å². The summed E-state index contributed by atoms with van der Waals surface area (Å²) < 4.78 is 14.4. The van der Waals surface area contributed by atoms with E-state index in [1.807, 2.05) is 0 Å². The standard InChI is InChI=1S/C17H19FN4O2/c18-14-4-2-13(3-5-14)6-9-21-11-15(10-17(21)24)20-16(23)12-22-8-1-7-19-22/h1-5,7-8,15H,6,9-12H2,(H,20,23)/t15-/m1/s1. The van der Waals surface area contributed by atoms with Crippen LogP contribution in [0.15, 0.2) is 42.7 Å². The summed E-state index contributed by atoms with van der Waals surface area (Å²) in [6.07, 6.45) is 4.31. The molecule has 2 aromatic rings. The Hall–Kier alpha value is -2.70. The zero-order chi connectivity index (χ0) is 16.9. The van der Waals surface area contributed by atoms with Crippen molar-refractivity contribution in [2.45, 2.75) is 25.4 Å². The molecule has 1 aromatic heterocycles. The monoisotopic (exact) mass is 330 g/mol. The summed E-state index contributed by atoms with van der Waals surface area (Å²) in [7, 11) is 0. The maximum atomic E-state index is 12.9. The molecule has 0 saturated carbocycles. The largest absolute Gasteiger partial charge is 0.349 e. The molecular weight excluding hydrogens is 311 g/mol. The molecule has 2 heterocycles. The second kappa shape index (κ2) is 7.25. The first kappa shape index (κ1) is 16.2. The molecular formula is C17H19FN4O2. The van der Waals surface area contributed by atoms with E-state index < -0.39 is 0 Å². The molecule has 24 heavy (non-hydrogen) atoms. The lowest BCUT2D eigenvalue weighted by Gasteiger charge is -2.17. The quantitative estimate of drug-likeness (QED) is 0.859. The van der Waals surface area contributed by atoms with Gasteiger partial charge in [0.15, 0.2) is 0 Å². The number of amides is 2.